The molecule has 1 atom stereocenters. The molecule has 3 rings (SSSR count). The maximum atomic E-state index is 12.7. The van der Waals surface area contributed by atoms with Crippen molar-refractivity contribution >= 4 is 62.6 Å². The molecule has 0 aliphatic carbocycles. The topological polar surface area (TPSA) is 76.9 Å². The predicted octanol–water partition coefficient (Wildman–Crippen LogP) is 6.00. The SMILES string of the molecule is C=CCn1c(SCC(=O)c2ccc(Br)cc2)nnc1[C@@H](C)NC(=O)c1ccc(Cl)cc1Cl. The summed E-state index contributed by atoms with van der Waals surface area (Å²) in [6.07, 6.45) is 1.71. The van der Waals surface area contributed by atoms with Crippen LogP contribution in [0.3, 0.4) is 0 Å². The number of nitrogens with one attached hydrogen (secondary N) is 1. The summed E-state index contributed by atoms with van der Waals surface area (Å²) >= 11 is 16.7. The fraction of sp³-hybridized carbons (Fsp3) is 0.182. The van der Waals surface area contributed by atoms with Gasteiger partial charge >= 0.3 is 0 Å². The Bertz CT molecular complexity index is 1150. The van der Waals surface area contributed by atoms with E-state index in [-0.39, 0.29) is 22.5 Å². The number of allylic oxidation sites excluding steroid dienone is 1. The zero-order valence-corrected chi connectivity index (χ0v) is 20.9. The van der Waals surface area contributed by atoms with Crippen molar-refractivity contribution in [2.75, 3.05) is 5.75 Å². The number of rotatable bonds is 9. The van der Waals surface area contributed by atoms with Gasteiger partial charge in [0, 0.05) is 21.6 Å². The van der Waals surface area contributed by atoms with E-state index in [1.807, 2.05) is 16.7 Å². The Labute approximate surface area is 208 Å². The number of amides is 1. The highest BCUT2D eigenvalue weighted by Crippen LogP contribution is 2.24. The van der Waals surface area contributed by atoms with E-state index in [0.717, 1.165) is 4.47 Å². The molecular formula is C22H19BrCl2N4O2S. The van der Waals surface area contributed by atoms with Gasteiger partial charge in [-0.2, -0.15) is 0 Å². The lowest BCUT2D eigenvalue weighted by molar-refractivity contribution is 0.0937. The highest BCUT2D eigenvalue weighted by atomic mass is 79.9. The summed E-state index contributed by atoms with van der Waals surface area (Å²) < 4.78 is 2.73. The number of carbonyl (C=O) groups is 2. The molecule has 0 aliphatic rings. The van der Waals surface area contributed by atoms with Crippen molar-refractivity contribution in [1.29, 1.82) is 0 Å². The van der Waals surface area contributed by atoms with Crippen molar-refractivity contribution in [3.05, 3.63) is 86.6 Å². The van der Waals surface area contributed by atoms with E-state index in [2.05, 4.69) is 38.0 Å². The molecule has 166 valence electrons. The van der Waals surface area contributed by atoms with Crippen molar-refractivity contribution in [2.45, 2.75) is 24.7 Å². The summed E-state index contributed by atoms with van der Waals surface area (Å²) in [7, 11) is 0. The molecule has 0 bridgehead atoms. The summed E-state index contributed by atoms with van der Waals surface area (Å²) in [6.45, 7) is 6.01. The molecule has 0 spiro atoms. The molecule has 2 aromatic carbocycles. The maximum absolute atomic E-state index is 12.7. The summed E-state index contributed by atoms with van der Waals surface area (Å²) in [5, 5.41) is 12.6. The highest BCUT2D eigenvalue weighted by molar-refractivity contribution is 9.10. The van der Waals surface area contributed by atoms with Gasteiger partial charge in [0.1, 0.15) is 0 Å². The van der Waals surface area contributed by atoms with Crippen molar-refractivity contribution < 1.29 is 9.59 Å². The van der Waals surface area contributed by atoms with E-state index in [1.54, 1.807) is 37.3 Å². The number of benzene rings is 2. The van der Waals surface area contributed by atoms with E-state index in [0.29, 0.717) is 33.7 Å². The molecule has 3 aromatic rings. The Morgan fingerprint density at radius 3 is 2.59 bits per heavy atom. The van der Waals surface area contributed by atoms with Gasteiger partial charge in [0.15, 0.2) is 16.8 Å². The zero-order valence-electron chi connectivity index (χ0n) is 17.0. The Hall–Kier alpha value is -2.13. The van der Waals surface area contributed by atoms with Gasteiger partial charge in [-0.25, -0.2) is 0 Å². The molecule has 1 aromatic heterocycles. The molecule has 10 heteroatoms. The maximum Gasteiger partial charge on any atom is 0.253 e. The first-order valence-corrected chi connectivity index (χ1v) is 12.0. The molecule has 6 nitrogen and oxygen atoms in total. The largest absolute Gasteiger partial charge is 0.342 e. The quantitative estimate of drug-likeness (QED) is 0.200. The molecule has 0 saturated heterocycles. The van der Waals surface area contributed by atoms with Crippen LogP contribution in [0.5, 0.6) is 0 Å². The number of thioether (sulfide) groups is 1. The van der Waals surface area contributed by atoms with E-state index >= 15 is 0 Å². The van der Waals surface area contributed by atoms with Gasteiger partial charge in [-0.05, 0) is 37.3 Å². The highest BCUT2D eigenvalue weighted by Gasteiger charge is 2.21. The Morgan fingerprint density at radius 1 is 1.22 bits per heavy atom. The molecule has 0 radical (unpaired) electrons. The van der Waals surface area contributed by atoms with Crippen molar-refractivity contribution in [1.82, 2.24) is 20.1 Å². The Balaban J connectivity index is 1.73. The van der Waals surface area contributed by atoms with Gasteiger partial charge in [0.2, 0.25) is 0 Å². The lowest BCUT2D eigenvalue weighted by Crippen LogP contribution is -2.29. The zero-order chi connectivity index (χ0) is 23.3. The third-order valence-corrected chi connectivity index (χ3v) is 6.51. The van der Waals surface area contributed by atoms with Crippen LogP contribution in [0, 0.1) is 0 Å². The van der Waals surface area contributed by atoms with Gasteiger partial charge in [-0.1, -0.05) is 69.1 Å². The Morgan fingerprint density at radius 2 is 1.94 bits per heavy atom. The number of Topliss-reactive ketones (excluding diaryl/α,β-unsaturated/α-hetero) is 1. The van der Waals surface area contributed by atoms with E-state index in [9.17, 15) is 9.59 Å². The summed E-state index contributed by atoms with van der Waals surface area (Å²) in [6, 6.07) is 11.4. The van der Waals surface area contributed by atoms with Crippen LogP contribution in [0.2, 0.25) is 10.0 Å². The number of ketones is 1. The van der Waals surface area contributed by atoms with Crippen LogP contribution < -0.4 is 5.32 Å². The summed E-state index contributed by atoms with van der Waals surface area (Å²) in [5.41, 5.74) is 0.934. The lowest BCUT2D eigenvalue weighted by Gasteiger charge is -2.16. The first kappa shape index (κ1) is 24.5. The molecular weight excluding hydrogens is 535 g/mol. The second-order valence-corrected chi connectivity index (χ2v) is 9.48. The normalized spacial score (nSPS) is 11.8. The molecule has 32 heavy (non-hydrogen) atoms. The van der Waals surface area contributed by atoms with Crippen LogP contribution in [0.15, 0.2) is 64.7 Å². The predicted molar refractivity (Wildman–Crippen MR) is 132 cm³/mol. The van der Waals surface area contributed by atoms with Crippen molar-refractivity contribution in [3.63, 3.8) is 0 Å². The van der Waals surface area contributed by atoms with Crippen LogP contribution >= 0.6 is 50.9 Å². The van der Waals surface area contributed by atoms with Crippen LogP contribution in [0.1, 0.15) is 39.5 Å². The first-order valence-electron chi connectivity index (χ1n) is 9.51. The number of aromatic nitrogens is 3. The smallest absolute Gasteiger partial charge is 0.253 e. The fourth-order valence-corrected chi connectivity index (χ4v) is 4.50. The minimum atomic E-state index is -0.460. The number of hydrogen-bond acceptors (Lipinski definition) is 5. The van der Waals surface area contributed by atoms with Gasteiger partial charge in [0.25, 0.3) is 5.91 Å². The molecule has 0 saturated carbocycles. The standard InChI is InChI=1S/C22H19BrCl2N4O2S/c1-3-10-29-20(13(2)26-21(31)17-9-8-16(24)11-18(17)25)27-28-22(29)32-12-19(30)14-4-6-15(23)7-5-14/h3-9,11,13H,1,10,12H2,2H3,(H,26,31)/t13-/m1/s1. The number of halogens is 3. The van der Waals surface area contributed by atoms with Crippen molar-refractivity contribution in [3.8, 4) is 0 Å². The monoisotopic (exact) mass is 552 g/mol. The van der Waals surface area contributed by atoms with Gasteiger partial charge in [0.05, 0.1) is 22.4 Å². The molecule has 1 N–H and O–H groups in total. The number of hydrogen-bond donors (Lipinski definition) is 1. The first-order chi connectivity index (χ1) is 15.3. The fourth-order valence-electron chi connectivity index (χ4n) is 2.89. The number of nitrogens with zero attached hydrogens (tertiary/aromatic N) is 3. The third-order valence-electron chi connectivity index (χ3n) is 4.47. The average Bonchev–Trinajstić information content (AvgIpc) is 3.15. The van der Waals surface area contributed by atoms with Crippen molar-refractivity contribution in [2.24, 2.45) is 0 Å². The van der Waals surface area contributed by atoms with E-state index in [1.165, 1.54) is 17.8 Å². The molecule has 1 amide bonds. The van der Waals surface area contributed by atoms with E-state index < -0.39 is 6.04 Å². The van der Waals surface area contributed by atoms with Crippen LogP contribution in [0.25, 0.3) is 0 Å². The van der Waals surface area contributed by atoms with Gasteiger partial charge in [-0.3, -0.25) is 9.59 Å². The number of carbonyl (C=O) groups excluding carboxylic acids is 2. The minimum absolute atomic E-state index is 0.0177. The van der Waals surface area contributed by atoms with Crippen LogP contribution in [0.4, 0.5) is 0 Å². The molecule has 0 aliphatic heterocycles. The minimum Gasteiger partial charge on any atom is -0.342 e. The molecule has 0 fully saturated rings. The Kier molecular flexibility index (Phi) is 8.53. The molecule has 1 heterocycles. The van der Waals surface area contributed by atoms with Gasteiger partial charge in [-0.15, -0.1) is 16.8 Å². The van der Waals surface area contributed by atoms with Crippen LogP contribution in [-0.2, 0) is 6.54 Å². The van der Waals surface area contributed by atoms with E-state index in [4.69, 9.17) is 23.2 Å². The summed E-state index contributed by atoms with van der Waals surface area (Å²) in [4.78, 5) is 25.2. The molecule has 0 unspecified atom stereocenters. The second-order valence-electron chi connectivity index (χ2n) is 6.78. The van der Waals surface area contributed by atoms with Gasteiger partial charge < -0.3 is 9.88 Å². The average molecular weight is 554 g/mol. The summed E-state index contributed by atoms with van der Waals surface area (Å²) in [5.74, 6) is 0.377. The van der Waals surface area contributed by atoms with Crippen LogP contribution in [-0.4, -0.2) is 32.2 Å². The lowest BCUT2D eigenvalue weighted by atomic mass is 10.2. The third kappa shape index (κ3) is 6.01. The second kappa shape index (κ2) is 11.1.